The monoisotopic (exact) mass is 272 g/mol. The third-order valence-electron chi connectivity index (χ3n) is 2.55. The Hall–Kier alpha value is -0.693. The number of hydrogen-bond donors (Lipinski definition) is 0. The zero-order valence-electron chi connectivity index (χ0n) is 11.6. The molecule has 0 fully saturated rings. The van der Waals surface area contributed by atoms with Gasteiger partial charge in [0.05, 0.1) is 6.33 Å². The first-order valence-corrected chi connectivity index (χ1v) is 8.57. The van der Waals surface area contributed by atoms with Gasteiger partial charge < -0.3 is 17.8 Å². The quantitative estimate of drug-likeness (QED) is 0.613. The van der Waals surface area contributed by atoms with Gasteiger partial charge in [-0.05, 0) is 27.2 Å². The van der Waals surface area contributed by atoms with Gasteiger partial charge in [-0.2, -0.15) is 0 Å². The molecule has 0 saturated heterocycles. The second-order valence-electron chi connectivity index (χ2n) is 3.89. The van der Waals surface area contributed by atoms with E-state index < -0.39 is 8.80 Å². The van der Waals surface area contributed by atoms with E-state index in [0.717, 1.165) is 19.0 Å². The number of nitrogens with zero attached hydrogens (tertiary/aromatic N) is 2. The van der Waals surface area contributed by atoms with Crippen molar-refractivity contribution in [3.8, 4) is 0 Å². The standard InChI is InChI=1S/C12H24N2O3Si/c1-4-15-18(16-5-2,17-6-3)11-7-9-14-10-8-13-12-14/h8,10,12H,4-7,9,11H2,1-3H3. The largest absolute Gasteiger partial charge is 0.500 e. The van der Waals surface area contributed by atoms with Gasteiger partial charge in [-0.1, -0.05) is 0 Å². The van der Waals surface area contributed by atoms with Crippen molar-refractivity contribution in [1.29, 1.82) is 0 Å². The number of hydrogen-bond acceptors (Lipinski definition) is 4. The summed E-state index contributed by atoms with van der Waals surface area (Å²) in [6, 6.07) is 0.848. The van der Waals surface area contributed by atoms with Crippen LogP contribution in [-0.2, 0) is 19.8 Å². The average molecular weight is 272 g/mol. The van der Waals surface area contributed by atoms with E-state index in [9.17, 15) is 0 Å². The third kappa shape index (κ3) is 4.89. The zero-order valence-corrected chi connectivity index (χ0v) is 12.6. The van der Waals surface area contributed by atoms with Crippen LogP contribution in [0, 0.1) is 0 Å². The van der Waals surface area contributed by atoms with Crippen LogP contribution in [0.3, 0.4) is 0 Å². The summed E-state index contributed by atoms with van der Waals surface area (Å²) in [7, 11) is -2.46. The minimum absolute atomic E-state index is 0.636. The molecule has 104 valence electrons. The summed E-state index contributed by atoms with van der Waals surface area (Å²) in [5, 5.41) is 0. The lowest BCUT2D eigenvalue weighted by Gasteiger charge is -2.28. The molecule has 0 aliphatic heterocycles. The molecule has 1 aromatic rings. The first-order valence-electron chi connectivity index (χ1n) is 6.64. The summed E-state index contributed by atoms with van der Waals surface area (Å²) in [5.74, 6) is 0. The Kier molecular flexibility index (Phi) is 7.18. The first-order chi connectivity index (χ1) is 8.76. The fraction of sp³-hybridized carbons (Fsp3) is 0.750. The zero-order chi connectivity index (χ0) is 13.3. The summed E-state index contributed by atoms with van der Waals surface area (Å²) in [6.45, 7) is 8.77. The van der Waals surface area contributed by atoms with Crippen LogP contribution in [-0.4, -0.2) is 38.2 Å². The molecule has 0 amide bonds. The smallest absolute Gasteiger partial charge is 0.374 e. The van der Waals surface area contributed by atoms with Gasteiger partial charge in [0.2, 0.25) is 0 Å². The third-order valence-corrected chi connectivity index (χ3v) is 5.70. The molecular formula is C12H24N2O3Si. The molecule has 0 radical (unpaired) electrons. The topological polar surface area (TPSA) is 45.5 Å². The van der Waals surface area contributed by atoms with E-state index in [1.54, 1.807) is 6.20 Å². The van der Waals surface area contributed by atoms with Gasteiger partial charge in [0.25, 0.3) is 0 Å². The Labute approximate surface area is 110 Å². The molecule has 6 heteroatoms. The van der Waals surface area contributed by atoms with Crippen LogP contribution in [0.5, 0.6) is 0 Å². The molecule has 0 saturated carbocycles. The molecule has 0 unspecified atom stereocenters. The van der Waals surface area contributed by atoms with E-state index in [4.69, 9.17) is 13.3 Å². The maximum atomic E-state index is 5.80. The van der Waals surface area contributed by atoms with Gasteiger partial charge >= 0.3 is 8.80 Å². The molecule has 0 atom stereocenters. The molecular weight excluding hydrogens is 248 g/mol. The minimum atomic E-state index is -2.46. The van der Waals surface area contributed by atoms with Crippen LogP contribution >= 0.6 is 0 Å². The molecule has 0 aliphatic carbocycles. The maximum Gasteiger partial charge on any atom is 0.500 e. The van der Waals surface area contributed by atoms with Gasteiger partial charge in [0.1, 0.15) is 0 Å². The summed E-state index contributed by atoms with van der Waals surface area (Å²) < 4.78 is 19.5. The molecule has 1 rings (SSSR count). The molecule has 0 aliphatic rings. The molecule has 1 heterocycles. The summed E-state index contributed by atoms with van der Waals surface area (Å²) >= 11 is 0. The van der Waals surface area contributed by atoms with Crippen molar-refractivity contribution in [2.45, 2.75) is 39.8 Å². The van der Waals surface area contributed by atoms with E-state index in [1.165, 1.54) is 0 Å². The molecule has 1 aromatic heterocycles. The first kappa shape index (κ1) is 15.4. The second-order valence-corrected chi connectivity index (χ2v) is 6.62. The molecule has 0 N–H and O–H groups in total. The molecule has 0 spiro atoms. The van der Waals surface area contributed by atoms with Crippen molar-refractivity contribution in [1.82, 2.24) is 9.55 Å². The second kappa shape index (κ2) is 8.42. The Morgan fingerprint density at radius 3 is 2.11 bits per heavy atom. The predicted molar refractivity (Wildman–Crippen MR) is 72.3 cm³/mol. The number of aromatic nitrogens is 2. The van der Waals surface area contributed by atoms with Crippen molar-refractivity contribution >= 4 is 8.80 Å². The number of aryl methyl sites for hydroxylation is 1. The van der Waals surface area contributed by atoms with Crippen LogP contribution < -0.4 is 0 Å². The Morgan fingerprint density at radius 1 is 1.06 bits per heavy atom. The van der Waals surface area contributed by atoms with Crippen molar-refractivity contribution < 1.29 is 13.3 Å². The maximum absolute atomic E-state index is 5.80. The fourth-order valence-corrected chi connectivity index (χ4v) is 4.49. The lowest BCUT2D eigenvalue weighted by atomic mass is 10.5. The highest BCUT2D eigenvalue weighted by atomic mass is 28.4. The Balaban J connectivity index is 2.47. The normalized spacial score (nSPS) is 11.9. The van der Waals surface area contributed by atoms with E-state index in [-0.39, 0.29) is 0 Å². The fourth-order valence-electron chi connectivity index (χ4n) is 1.90. The van der Waals surface area contributed by atoms with Gasteiger partial charge in [-0.25, -0.2) is 4.98 Å². The van der Waals surface area contributed by atoms with E-state index >= 15 is 0 Å². The number of imidazole rings is 1. The Bertz CT molecular complexity index is 289. The van der Waals surface area contributed by atoms with E-state index in [1.807, 2.05) is 33.3 Å². The lowest BCUT2D eigenvalue weighted by Crippen LogP contribution is -2.46. The van der Waals surface area contributed by atoms with Gasteiger partial charge in [-0.15, -0.1) is 0 Å². The molecule has 18 heavy (non-hydrogen) atoms. The van der Waals surface area contributed by atoms with Gasteiger partial charge in [0, 0.05) is 44.8 Å². The molecule has 5 nitrogen and oxygen atoms in total. The van der Waals surface area contributed by atoms with E-state index in [0.29, 0.717) is 19.8 Å². The van der Waals surface area contributed by atoms with Crippen LogP contribution in [0.4, 0.5) is 0 Å². The average Bonchev–Trinajstić information content (AvgIpc) is 2.83. The SMILES string of the molecule is CCO[Si](CCCn1ccnc1)(OCC)OCC. The Morgan fingerprint density at radius 2 is 1.67 bits per heavy atom. The van der Waals surface area contributed by atoms with Crippen LogP contribution in [0.15, 0.2) is 18.7 Å². The summed E-state index contributed by atoms with van der Waals surface area (Å²) in [6.07, 6.45) is 6.55. The molecule has 0 bridgehead atoms. The van der Waals surface area contributed by atoms with Crippen LogP contribution in [0.2, 0.25) is 6.04 Å². The summed E-state index contributed by atoms with van der Waals surface area (Å²) in [4.78, 5) is 4.03. The van der Waals surface area contributed by atoms with Crippen LogP contribution in [0.1, 0.15) is 27.2 Å². The van der Waals surface area contributed by atoms with Crippen molar-refractivity contribution in [2.24, 2.45) is 0 Å². The predicted octanol–water partition coefficient (Wildman–Crippen LogP) is 2.32. The van der Waals surface area contributed by atoms with Crippen LogP contribution in [0.25, 0.3) is 0 Å². The van der Waals surface area contributed by atoms with Gasteiger partial charge in [-0.3, -0.25) is 0 Å². The number of rotatable bonds is 10. The van der Waals surface area contributed by atoms with E-state index in [2.05, 4.69) is 9.55 Å². The molecule has 0 aromatic carbocycles. The van der Waals surface area contributed by atoms with Gasteiger partial charge in [0.15, 0.2) is 0 Å². The van der Waals surface area contributed by atoms with Crippen molar-refractivity contribution in [3.63, 3.8) is 0 Å². The lowest BCUT2D eigenvalue weighted by molar-refractivity contribution is 0.0705. The van der Waals surface area contributed by atoms with Crippen molar-refractivity contribution in [2.75, 3.05) is 19.8 Å². The highest BCUT2D eigenvalue weighted by Crippen LogP contribution is 2.18. The highest BCUT2D eigenvalue weighted by Gasteiger charge is 2.39. The van der Waals surface area contributed by atoms with Crippen molar-refractivity contribution in [3.05, 3.63) is 18.7 Å². The highest BCUT2D eigenvalue weighted by molar-refractivity contribution is 6.60. The summed E-state index contributed by atoms with van der Waals surface area (Å²) in [5.41, 5.74) is 0. The minimum Gasteiger partial charge on any atom is -0.374 e.